The highest BCUT2D eigenvalue weighted by molar-refractivity contribution is 5.14. The molecule has 1 aliphatic heterocycles. The van der Waals surface area contributed by atoms with E-state index in [0.717, 1.165) is 11.1 Å². The number of hydrogen-bond donors (Lipinski definition) is 3. The van der Waals surface area contributed by atoms with Crippen LogP contribution < -0.4 is 0 Å². The third-order valence-corrected chi connectivity index (χ3v) is 4.34. The van der Waals surface area contributed by atoms with Gasteiger partial charge >= 0.3 is 0 Å². The molecule has 0 aromatic heterocycles. The van der Waals surface area contributed by atoms with Gasteiger partial charge in [-0.2, -0.15) is 0 Å². The highest BCUT2D eigenvalue weighted by atomic mass is 16.7. The maximum absolute atomic E-state index is 10.3. The van der Waals surface area contributed by atoms with E-state index in [1.54, 1.807) is 0 Å². The molecule has 2 aromatic carbocycles. The largest absolute Gasteiger partial charge is 0.387 e. The molecule has 1 fully saturated rings. The summed E-state index contributed by atoms with van der Waals surface area (Å²) in [5.74, 6) is 0. The standard InChI is InChI=1S/C20H24O6/c21-17-16(13-24-11-14-7-3-1-4-8-14)26-20(23)19(18(17)22)25-12-15-9-5-2-6-10-15/h1-10,16-23H,11-13H2. The van der Waals surface area contributed by atoms with Crippen LogP contribution in [0.3, 0.4) is 0 Å². The number of ether oxygens (including phenoxy) is 3. The second-order valence-electron chi connectivity index (χ2n) is 6.31. The minimum atomic E-state index is -1.34. The van der Waals surface area contributed by atoms with Gasteiger partial charge in [-0.3, -0.25) is 0 Å². The van der Waals surface area contributed by atoms with Crippen molar-refractivity contribution in [1.82, 2.24) is 0 Å². The van der Waals surface area contributed by atoms with Crippen molar-refractivity contribution < 1.29 is 29.5 Å². The molecule has 0 radical (unpaired) electrons. The van der Waals surface area contributed by atoms with E-state index in [0.29, 0.717) is 6.61 Å². The fourth-order valence-corrected chi connectivity index (χ4v) is 2.87. The van der Waals surface area contributed by atoms with E-state index in [1.807, 2.05) is 60.7 Å². The van der Waals surface area contributed by atoms with Crippen molar-refractivity contribution in [3.63, 3.8) is 0 Å². The molecule has 5 atom stereocenters. The molecule has 0 aliphatic carbocycles. The molecule has 2 aromatic rings. The summed E-state index contributed by atoms with van der Waals surface area (Å²) in [5.41, 5.74) is 1.89. The SMILES string of the molecule is OC1OC(COCc2ccccc2)C(O)C(O)C1OCc1ccccc1. The fourth-order valence-electron chi connectivity index (χ4n) is 2.87. The summed E-state index contributed by atoms with van der Waals surface area (Å²) in [6.45, 7) is 0.605. The Bertz CT molecular complexity index is 648. The summed E-state index contributed by atoms with van der Waals surface area (Å²) in [6.07, 6.45) is -5.69. The van der Waals surface area contributed by atoms with Gasteiger partial charge in [-0.1, -0.05) is 60.7 Å². The molecule has 0 spiro atoms. The Morgan fingerprint density at radius 3 is 1.96 bits per heavy atom. The first kappa shape index (κ1) is 19.0. The molecule has 26 heavy (non-hydrogen) atoms. The van der Waals surface area contributed by atoms with Crippen LogP contribution in [-0.2, 0) is 27.4 Å². The quantitative estimate of drug-likeness (QED) is 0.688. The second kappa shape index (κ2) is 9.23. The fraction of sp³-hybridized carbons (Fsp3) is 0.400. The van der Waals surface area contributed by atoms with Crippen LogP contribution in [0.2, 0.25) is 0 Å². The molecule has 0 amide bonds. The predicted octanol–water partition coefficient (Wildman–Crippen LogP) is 1.23. The van der Waals surface area contributed by atoms with E-state index in [2.05, 4.69) is 0 Å². The lowest BCUT2D eigenvalue weighted by Gasteiger charge is -2.40. The van der Waals surface area contributed by atoms with Crippen LogP contribution in [0.25, 0.3) is 0 Å². The Hall–Kier alpha value is -1.80. The van der Waals surface area contributed by atoms with Crippen molar-refractivity contribution in [2.24, 2.45) is 0 Å². The molecule has 5 unspecified atom stereocenters. The first-order valence-corrected chi connectivity index (χ1v) is 8.62. The number of rotatable bonds is 7. The third-order valence-electron chi connectivity index (χ3n) is 4.34. The summed E-state index contributed by atoms with van der Waals surface area (Å²) >= 11 is 0. The topological polar surface area (TPSA) is 88.4 Å². The van der Waals surface area contributed by atoms with Gasteiger partial charge in [-0.25, -0.2) is 0 Å². The minimum Gasteiger partial charge on any atom is -0.387 e. The van der Waals surface area contributed by atoms with Crippen LogP contribution in [0, 0.1) is 0 Å². The maximum atomic E-state index is 10.3. The zero-order valence-corrected chi connectivity index (χ0v) is 14.3. The summed E-state index contributed by atoms with van der Waals surface area (Å²) in [6, 6.07) is 19.0. The Kier molecular flexibility index (Phi) is 6.73. The van der Waals surface area contributed by atoms with Gasteiger partial charge in [-0.05, 0) is 11.1 Å². The van der Waals surface area contributed by atoms with E-state index >= 15 is 0 Å². The number of hydrogen-bond acceptors (Lipinski definition) is 6. The first-order valence-electron chi connectivity index (χ1n) is 8.62. The van der Waals surface area contributed by atoms with Crippen molar-refractivity contribution in [1.29, 1.82) is 0 Å². The predicted molar refractivity (Wildman–Crippen MR) is 94.0 cm³/mol. The van der Waals surface area contributed by atoms with Crippen LogP contribution in [0.15, 0.2) is 60.7 Å². The van der Waals surface area contributed by atoms with Crippen LogP contribution in [0.4, 0.5) is 0 Å². The van der Waals surface area contributed by atoms with E-state index in [-0.39, 0.29) is 13.2 Å². The average Bonchev–Trinajstić information content (AvgIpc) is 2.67. The monoisotopic (exact) mass is 360 g/mol. The average molecular weight is 360 g/mol. The summed E-state index contributed by atoms with van der Waals surface area (Å²) in [7, 11) is 0. The van der Waals surface area contributed by atoms with Crippen LogP contribution in [0.5, 0.6) is 0 Å². The van der Waals surface area contributed by atoms with Crippen LogP contribution in [-0.4, -0.2) is 52.6 Å². The van der Waals surface area contributed by atoms with Gasteiger partial charge in [0.05, 0.1) is 19.8 Å². The maximum Gasteiger partial charge on any atom is 0.184 e. The van der Waals surface area contributed by atoms with Gasteiger partial charge in [0.2, 0.25) is 0 Å². The molecule has 3 rings (SSSR count). The molecule has 1 saturated heterocycles. The van der Waals surface area contributed by atoms with Gasteiger partial charge in [0.25, 0.3) is 0 Å². The van der Waals surface area contributed by atoms with E-state index in [1.165, 1.54) is 0 Å². The van der Waals surface area contributed by atoms with Crippen LogP contribution in [0.1, 0.15) is 11.1 Å². The molecule has 6 heteroatoms. The summed E-state index contributed by atoms with van der Waals surface area (Å²) < 4.78 is 16.5. The second-order valence-corrected chi connectivity index (χ2v) is 6.31. The Morgan fingerprint density at radius 2 is 1.35 bits per heavy atom. The minimum absolute atomic E-state index is 0.0512. The lowest BCUT2D eigenvalue weighted by molar-refractivity contribution is -0.300. The molecule has 1 aliphatic rings. The Labute approximate surface area is 152 Å². The van der Waals surface area contributed by atoms with Crippen molar-refractivity contribution in [3.8, 4) is 0 Å². The Balaban J connectivity index is 1.49. The number of aliphatic hydroxyl groups excluding tert-OH is 3. The molecular weight excluding hydrogens is 336 g/mol. The zero-order valence-electron chi connectivity index (χ0n) is 14.3. The molecule has 0 saturated carbocycles. The van der Waals surface area contributed by atoms with Gasteiger partial charge in [-0.15, -0.1) is 0 Å². The smallest absolute Gasteiger partial charge is 0.184 e. The van der Waals surface area contributed by atoms with Gasteiger partial charge < -0.3 is 29.5 Å². The first-order chi connectivity index (χ1) is 12.6. The third kappa shape index (κ3) is 4.88. The van der Waals surface area contributed by atoms with Crippen molar-refractivity contribution in [2.45, 2.75) is 43.9 Å². The van der Waals surface area contributed by atoms with Crippen molar-refractivity contribution in [3.05, 3.63) is 71.8 Å². The van der Waals surface area contributed by atoms with E-state index in [9.17, 15) is 15.3 Å². The lowest BCUT2D eigenvalue weighted by atomic mass is 9.99. The molecule has 0 bridgehead atoms. The number of aliphatic hydroxyl groups is 3. The summed E-state index contributed by atoms with van der Waals surface area (Å²) in [5, 5.41) is 30.7. The molecule has 140 valence electrons. The lowest BCUT2D eigenvalue weighted by Crippen LogP contribution is -2.59. The Morgan fingerprint density at radius 1 is 0.769 bits per heavy atom. The number of benzene rings is 2. The zero-order chi connectivity index (χ0) is 18.4. The van der Waals surface area contributed by atoms with Crippen molar-refractivity contribution in [2.75, 3.05) is 6.61 Å². The van der Waals surface area contributed by atoms with Gasteiger partial charge in [0.1, 0.15) is 24.4 Å². The molecular formula is C20H24O6. The van der Waals surface area contributed by atoms with E-state index in [4.69, 9.17) is 14.2 Å². The normalized spacial score (nSPS) is 28.8. The van der Waals surface area contributed by atoms with Gasteiger partial charge in [0, 0.05) is 0 Å². The van der Waals surface area contributed by atoms with Gasteiger partial charge in [0.15, 0.2) is 6.29 Å². The highest BCUT2D eigenvalue weighted by Gasteiger charge is 2.44. The van der Waals surface area contributed by atoms with E-state index < -0.39 is 30.7 Å². The summed E-state index contributed by atoms with van der Waals surface area (Å²) in [4.78, 5) is 0. The molecule has 1 heterocycles. The highest BCUT2D eigenvalue weighted by Crippen LogP contribution is 2.24. The van der Waals surface area contributed by atoms with Crippen molar-refractivity contribution >= 4 is 0 Å². The van der Waals surface area contributed by atoms with Crippen LogP contribution >= 0.6 is 0 Å². The molecule has 6 nitrogen and oxygen atoms in total. The molecule has 3 N–H and O–H groups in total.